The third kappa shape index (κ3) is 6.35. The zero-order chi connectivity index (χ0) is 25.2. The Hall–Kier alpha value is -3.49. The Morgan fingerprint density at radius 3 is 2.43 bits per heavy atom. The van der Waals surface area contributed by atoms with Crippen LogP contribution in [0.3, 0.4) is 0 Å². The lowest BCUT2D eigenvalue weighted by Gasteiger charge is -2.30. The van der Waals surface area contributed by atoms with Crippen molar-refractivity contribution >= 4 is 33.4 Å². The molecule has 4 rings (SSSR count). The number of aromatic nitrogens is 5. The van der Waals surface area contributed by atoms with Gasteiger partial charge in [-0.25, -0.2) is 8.42 Å². The van der Waals surface area contributed by atoms with Crippen LogP contribution in [0.2, 0.25) is 0 Å². The smallest absolute Gasteiger partial charge is 0.368 e. The van der Waals surface area contributed by atoms with Gasteiger partial charge in [0.05, 0.1) is 5.75 Å². The van der Waals surface area contributed by atoms with Gasteiger partial charge in [0.25, 0.3) is 0 Å². The SMILES string of the molecule is CN(c1ccccc1)c1nc(N)nc(-c2noc(N3CCC(CS(=O)(=O)CC(F)(F)F)CC3)n2)n1. The Balaban J connectivity index is 1.43. The summed E-state index contributed by atoms with van der Waals surface area (Å²) < 4.78 is 66.4. The van der Waals surface area contributed by atoms with Crippen molar-refractivity contribution in [1.29, 1.82) is 0 Å². The fraction of sp³-hybridized carbons (Fsp3) is 0.450. The highest BCUT2D eigenvalue weighted by atomic mass is 32.2. The fourth-order valence-corrected chi connectivity index (χ4v) is 5.46. The van der Waals surface area contributed by atoms with E-state index in [1.165, 1.54) is 0 Å². The second kappa shape index (κ2) is 9.64. The molecule has 0 spiro atoms. The summed E-state index contributed by atoms with van der Waals surface area (Å²) in [5.41, 5.74) is 6.69. The molecule has 11 nitrogen and oxygen atoms in total. The first-order valence-electron chi connectivity index (χ1n) is 10.7. The Morgan fingerprint density at radius 1 is 1.09 bits per heavy atom. The van der Waals surface area contributed by atoms with E-state index in [1.54, 1.807) is 16.8 Å². The first kappa shape index (κ1) is 24.6. The summed E-state index contributed by atoms with van der Waals surface area (Å²) in [6.07, 6.45) is -3.99. The van der Waals surface area contributed by atoms with Gasteiger partial charge in [0.1, 0.15) is 5.75 Å². The second-order valence-corrected chi connectivity index (χ2v) is 10.3. The number of nitrogens with two attached hydrogens (primary N) is 1. The largest absolute Gasteiger partial charge is 0.402 e. The molecule has 1 saturated heterocycles. The van der Waals surface area contributed by atoms with Crippen molar-refractivity contribution < 1.29 is 26.1 Å². The second-order valence-electron chi connectivity index (χ2n) is 8.21. The number of piperidine rings is 1. The Bertz CT molecular complexity index is 1260. The van der Waals surface area contributed by atoms with Crippen molar-refractivity contribution in [2.45, 2.75) is 19.0 Å². The fourth-order valence-electron chi connectivity index (χ4n) is 3.79. The molecule has 0 atom stereocenters. The molecule has 0 bridgehead atoms. The maximum Gasteiger partial charge on any atom is 0.402 e. The number of anilines is 4. The molecule has 35 heavy (non-hydrogen) atoms. The molecule has 15 heteroatoms. The number of benzene rings is 1. The lowest BCUT2D eigenvalue weighted by Crippen LogP contribution is -2.37. The van der Waals surface area contributed by atoms with Gasteiger partial charge in [0.15, 0.2) is 9.84 Å². The van der Waals surface area contributed by atoms with Crippen molar-refractivity contribution in [3.05, 3.63) is 30.3 Å². The normalized spacial score (nSPS) is 15.4. The van der Waals surface area contributed by atoms with Crippen LogP contribution in [0, 0.1) is 5.92 Å². The lowest BCUT2D eigenvalue weighted by molar-refractivity contribution is -0.106. The highest BCUT2D eigenvalue weighted by Gasteiger charge is 2.37. The van der Waals surface area contributed by atoms with Crippen LogP contribution in [0.5, 0.6) is 0 Å². The molecular weight excluding hydrogens is 489 g/mol. The van der Waals surface area contributed by atoms with Crippen molar-refractivity contribution in [2.24, 2.45) is 5.92 Å². The summed E-state index contributed by atoms with van der Waals surface area (Å²) in [5, 5.41) is 3.92. The van der Waals surface area contributed by atoms with E-state index < -0.39 is 27.5 Å². The number of para-hydroxylation sites is 1. The van der Waals surface area contributed by atoms with Gasteiger partial charge in [-0.15, -0.1) is 0 Å². The average molecular weight is 513 g/mol. The van der Waals surface area contributed by atoms with Crippen LogP contribution in [0.15, 0.2) is 34.9 Å². The molecular formula is C20H23F3N8O3S. The summed E-state index contributed by atoms with van der Waals surface area (Å²) in [5.74, 6) is -2.22. The zero-order valence-corrected chi connectivity index (χ0v) is 19.5. The first-order chi connectivity index (χ1) is 16.5. The predicted octanol–water partition coefficient (Wildman–Crippen LogP) is 2.47. The third-order valence-electron chi connectivity index (χ3n) is 5.46. The molecule has 2 N–H and O–H groups in total. The van der Waals surface area contributed by atoms with Gasteiger partial charge < -0.3 is 20.1 Å². The van der Waals surface area contributed by atoms with E-state index in [2.05, 4.69) is 25.1 Å². The number of alkyl halides is 3. The number of nitrogen functional groups attached to an aromatic ring is 1. The molecule has 3 heterocycles. The molecule has 1 aromatic carbocycles. The van der Waals surface area contributed by atoms with E-state index in [0.29, 0.717) is 25.9 Å². The minimum Gasteiger partial charge on any atom is -0.368 e. The number of halogens is 3. The monoisotopic (exact) mass is 512 g/mol. The minimum absolute atomic E-state index is 0.0278. The summed E-state index contributed by atoms with van der Waals surface area (Å²) >= 11 is 0. The highest BCUT2D eigenvalue weighted by molar-refractivity contribution is 7.91. The van der Waals surface area contributed by atoms with E-state index in [0.717, 1.165) is 5.69 Å². The number of hydrogen-bond acceptors (Lipinski definition) is 11. The quantitative estimate of drug-likeness (QED) is 0.498. The predicted molar refractivity (Wildman–Crippen MR) is 122 cm³/mol. The molecule has 1 aliphatic heterocycles. The third-order valence-corrected chi connectivity index (χ3v) is 7.20. The molecule has 2 aromatic heterocycles. The lowest BCUT2D eigenvalue weighted by atomic mass is 9.99. The van der Waals surface area contributed by atoms with Crippen molar-refractivity contribution in [3.8, 4) is 11.6 Å². The van der Waals surface area contributed by atoms with Crippen LogP contribution in [0.1, 0.15) is 12.8 Å². The summed E-state index contributed by atoms with van der Waals surface area (Å²) in [4.78, 5) is 20.4. The summed E-state index contributed by atoms with van der Waals surface area (Å²) in [6, 6.07) is 9.56. The van der Waals surface area contributed by atoms with Crippen molar-refractivity contribution in [3.63, 3.8) is 0 Å². The molecule has 1 aliphatic rings. The number of rotatable bonds is 7. The Labute approximate surface area is 199 Å². The van der Waals surface area contributed by atoms with Gasteiger partial charge in [-0.3, -0.25) is 0 Å². The van der Waals surface area contributed by atoms with Crippen LogP contribution < -0.4 is 15.5 Å². The highest BCUT2D eigenvalue weighted by Crippen LogP contribution is 2.27. The van der Waals surface area contributed by atoms with Gasteiger partial charge in [-0.1, -0.05) is 23.4 Å². The molecule has 1 fully saturated rings. The summed E-state index contributed by atoms with van der Waals surface area (Å²) in [7, 11) is -2.45. The van der Waals surface area contributed by atoms with E-state index in [1.807, 2.05) is 30.3 Å². The van der Waals surface area contributed by atoms with Crippen LogP contribution in [-0.4, -0.2) is 71.3 Å². The van der Waals surface area contributed by atoms with Crippen LogP contribution in [-0.2, 0) is 9.84 Å². The molecule has 0 unspecified atom stereocenters. The standard InChI is InChI=1S/C20H23F3N8O3S/c1-30(14-5-3-2-4-6-14)18-26-15(25-17(24)28-18)16-27-19(34-29-16)31-9-7-13(8-10-31)11-35(32,33)12-20(21,22)23/h2-6,13H,7-12H2,1H3,(H2,24,25,26,28). The molecule has 0 saturated carbocycles. The molecule has 3 aromatic rings. The molecule has 0 radical (unpaired) electrons. The van der Waals surface area contributed by atoms with E-state index in [-0.39, 0.29) is 35.5 Å². The first-order valence-corrected chi connectivity index (χ1v) is 12.5. The van der Waals surface area contributed by atoms with E-state index in [4.69, 9.17) is 10.3 Å². The van der Waals surface area contributed by atoms with Gasteiger partial charge >= 0.3 is 12.2 Å². The van der Waals surface area contributed by atoms with E-state index in [9.17, 15) is 21.6 Å². The number of nitrogens with zero attached hydrogens (tertiary/aromatic N) is 7. The number of hydrogen-bond donors (Lipinski definition) is 1. The van der Waals surface area contributed by atoms with Gasteiger partial charge in [-0.05, 0) is 30.9 Å². The number of sulfone groups is 1. The molecule has 0 aliphatic carbocycles. The van der Waals surface area contributed by atoms with Gasteiger partial charge in [-0.2, -0.15) is 33.1 Å². The van der Waals surface area contributed by atoms with Crippen LogP contribution in [0.25, 0.3) is 11.6 Å². The molecule has 188 valence electrons. The van der Waals surface area contributed by atoms with Gasteiger partial charge in [0.2, 0.25) is 23.5 Å². The van der Waals surface area contributed by atoms with Crippen molar-refractivity contribution in [2.75, 3.05) is 47.2 Å². The Kier molecular flexibility index (Phi) is 6.78. The van der Waals surface area contributed by atoms with Crippen LogP contribution >= 0.6 is 0 Å². The van der Waals surface area contributed by atoms with E-state index >= 15 is 0 Å². The zero-order valence-electron chi connectivity index (χ0n) is 18.7. The van der Waals surface area contributed by atoms with Crippen LogP contribution in [0.4, 0.5) is 36.8 Å². The maximum atomic E-state index is 12.5. The summed E-state index contributed by atoms with van der Waals surface area (Å²) in [6.45, 7) is 0.713. The maximum absolute atomic E-state index is 12.5. The minimum atomic E-state index is -4.74. The Morgan fingerprint density at radius 2 is 1.77 bits per heavy atom. The van der Waals surface area contributed by atoms with Gasteiger partial charge in [0, 0.05) is 25.8 Å². The topological polar surface area (TPSA) is 144 Å². The molecule has 0 amide bonds. The van der Waals surface area contributed by atoms with Crippen molar-refractivity contribution in [1.82, 2.24) is 25.1 Å². The average Bonchev–Trinajstić information content (AvgIpc) is 3.28.